The van der Waals surface area contributed by atoms with Crippen LogP contribution in [0.2, 0.25) is 0 Å². The number of aliphatic hydroxyl groups is 1. The van der Waals surface area contributed by atoms with E-state index in [2.05, 4.69) is 5.10 Å². The van der Waals surface area contributed by atoms with Crippen molar-refractivity contribution >= 4 is 5.91 Å². The lowest BCUT2D eigenvalue weighted by Crippen LogP contribution is -2.34. The van der Waals surface area contributed by atoms with E-state index in [-0.39, 0.29) is 12.5 Å². The lowest BCUT2D eigenvalue weighted by molar-refractivity contribution is -0.131. The smallest absolute Gasteiger partial charge is 0.227 e. The maximum Gasteiger partial charge on any atom is 0.227 e. The zero-order valence-electron chi connectivity index (χ0n) is 13.4. The molecule has 0 aliphatic heterocycles. The fourth-order valence-corrected chi connectivity index (χ4v) is 2.55. The van der Waals surface area contributed by atoms with Gasteiger partial charge in [0.15, 0.2) is 0 Å². The van der Waals surface area contributed by atoms with Crippen molar-refractivity contribution in [3.63, 3.8) is 0 Å². The highest BCUT2D eigenvalue weighted by Gasteiger charge is 2.18. The third-order valence-corrected chi connectivity index (χ3v) is 3.93. The van der Waals surface area contributed by atoms with E-state index in [9.17, 15) is 9.90 Å². The molecule has 2 rings (SSSR count). The second-order valence-corrected chi connectivity index (χ2v) is 5.47. The fourth-order valence-electron chi connectivity index (χ4n) is 2.55. The van der Waals surface area contributed by atoms with Crippen LogP contribution in [0.15, 0.2) is 30.3 Å². The van der Waals surface area contributed by atoms with Crippen LogP contribution >= 0.6 is 0 Å². The minimum atomic E-state index is -0.0381. The first kappa shape index (κ1) is 16.2. The summed E-state index contributed by atoms with van der Waals surface area (Å²) in [5.41, 5.74) is 3.93. The lowest BCUT2D eigenvalue weighted by Gasteiger charge is -2.22. The van der Waals surface area contributed by atoms with Gasteiger partial charge in [0.1, 0.15) is 0 Å². The molecule has 0 aliphatic carbocycles. The Bertz CT molecular complexity index is 635. The number of carbonyl (C=O) groups is 1. The number of aryl methyl sites for hydroxylation is 2. The Morgan fingerprint density at radius 3 is 2.50 bits per heavy atom. The van der Waals surface area contributed by atoms with E-state index in [1.54, 1.807) is 9.58 Å². The molecule has 0 spiro atoms. The average Bonchev–Trinajstić information content (AvgIpc) is 2.74. The average molecular weight is 301 g/mol. The lowest BCUT2D eigenvalue weighted by atomic mass is 10.1. The standard InChI is InChI=1S/C17H23N3O2/c1-13-16(14(2)19(3)18-13)11-17(22)20(9-10-21)12-15-7-5-4-6-8-15/h4-8,21H,9-12H2,1-3H3. The number of hydrogen-bond acceptors (Lipinski definition) is 3. The van der Waals surface area contributed by atoms with Gasteiger partial charge in [-0.15, -0.1) is 0 Å². The number of aliphatic hydroxyl groups excluding tert-OH is 1. The van der Waals surface area contributed by atoms with E-state index >= 15 is 0 Å². The largest absolute Gasteiger partial charge is 0.395 e. The Hall–Kier alpha value is -2.14. The first-order chi connectivity index (χ1) is 10.5. The molecule has 118 valence electrons. The van der Waals surface area contributed by atoms with Crippen molar-refractivity contribution in [2.75, 3.05) is 13.2 Å². The monoisotopic (exact) mass is 301 g/mol. The molecule has 5 heteroatoms. The van der Waals surface area contributed by atoms with Crippen LogP contribution in [0, 0.1) is 13.8 Å². The second kappa shape index (κ2) is 7.22. The molecule has 0 saturated carbocycles. The molecule has 0 bridgehead atoms. The molecule has 0 atom stereocenters. The van der Waals surface area contributed by atoms with Gasteiger partial charge in [0, 0.05) is 31.4 Å². The molecule has 0 aliphatic rings. The van der Waals surface area contributed by atoms with E-state index in [1.807, 2.05) is 51.2 Å². The third kappa shape index (κ3) is 3.74. The van der Waals surface area contributed by atoms with Gasteiger partial charge in [0.25, 0.3) is 0 Å². The number of benzene rings is 1. The highest BCUT2D eigenvalue weighted by atomic mass is 16.3. The summed E-state index contributed by atoms with van der Waals surface area (Å²) in [5, 5.41) is 13.6. The number of aromatic nitrogens is 2. The summed E-state index contributed by atoms with van der Waals surface area (Å²) in [5.74, 6) is 0.0112. The quantitative estimate of drug-likeness (QED) is 0.881. The molecular formula is C17H23N3O2. The van der Waals surface area contributed by atoms with Crippen molar-refractivity contribution in [2.24, 2.45) is 7.05 Å². The Balaban J connectivity index is 2.12. The third-order valence-electron chi connectivity index (χ3n) is 3.93. The van der Waals surface area contributed by atoms with Gasteiger partial charge in [-0.2, -0.15) is 5.10 Å². The van der Waals surface area contributed by atoms with E-state index in [4.69, 9.17) is 0 Å². The Kier molecular flexibility index (Phi) is 5.33. The van der Waals surface area contributed by atoms with Crippen molar-refractivity contribution in [3.05, 3.63) is 52.8 Å². The van der Waals surface area contributed by atoms with Gasteiger partial charge in [-0.1, -0.05) is 30.3 Å². The summed E-state index contributed by atoms with van der Waals surface area (Å²) in [7, 11) is 1.88. The topological polar surface area (TPSA) is 58.4 Å². The van der Waals surface area contributed by atoms with Gasteiger partial charge in [-0.3, -0.25) is 9.48 Å². The van der Waals surface area contributed by atoms with Gasteiger partial charge < -0.3 is 10.0 Å². The first-order valence-corrected chi connectivity index (χ1v) is 7.44. The van der Waals surface area contributed by atoms with Crippen LogP contribution in [0.5, 0.6) is 0 Å². The van der Waals surface area contributed by atoms with Crippen LogP contribution in [0.3, 0.4) is 0 Å². The number of carbonyl (C=O) groups excluding carboxylic acids is 1. The van der Waals surface area contributed by atoms with Crippen molar-refractivity contribution in [3.8, 4) is 0 Å². The van der Waals surface area contributed by atoms with E-state index in [0.717, 1.165) is 22.5 Å². The Labute approximate surface area is 131 Å². The normalized spacial score (nSPS) is 10.7. The van der Waals surface area contributed by atoms with E-state index in [0.29, 0.717) is 19.5 Å². The van der Waals surface area contributed by atoms with Gasteiger partial charge in [-0.05, 0) is 19.4 Å². The second-order valence-electron chi connectivity index (χ2n) is 5.47. The zero-order chi connectivity index (χ0) is 16.1. The summed E-state index contributed by atoms with van der Waals surface area (Å²) in [4.78, 5) is 14.3. The predicted molar refractivity (Wildman–Crippen MR) is 85.3 cm³/mol. The fraction of sp³-hybridized carbons (Fsp3) is 0.412. The molecule has 0 saturated heterocycles. The summed E-state index contributed by atoms with van der Waals surface area (Å²) in [6, 6.07) is 9.82. The summed E-state index contributed by atoms with van der Waals surface area (Å²) < 4.78 is 1.80. The van der Waals surface area contributed by atoms with Gasteiger partial charge in [-0.25, -0.2) is 0 Å². The number of amides is 1. The molecule has 5 nitrogen and oxygen atoms in total. The van der Waals surface area contributed by atoms with Crippen molar-refractivity contribution in [1.82, 2.24) is 14.7 Å². The predicted octanol–water partition coefficient (Wildman–Crippen LogP) is 1.60. The molecule has 1 aromatic heterocycles. The molecular weight excluding hydrogens is 278 g/mol. The van der Waals surface area contributed by atoms with Crippen molar-refractivity contribution in [2.45, 2.75) is 26.8 Å². The van der Waals surface area contributed by atoms with Crippen molar-refractivity contribution in [1.29, 1.82) is 0 Å². The number of hydrogen-bond donors (Lipinski definition) is 1. The molecule has 0 radical (unpaired) electrons. The summed E-state index contributed by atoms with van der Waals surface area (Å²) in [6.45, 7) is 4.70. The van der Waals surface area contributed by atoms with E-state index in [1.165, 1.54) is 0 Å². The zero-order valence-corrected chi connectivity index (χ0v) is 13.4. The summed E-state index contributed by atoms with van der Waals surface area (Å²) >= 11 is 0. The van der Waals surface area contributed by atoms with Crippen LogP contribution < -0.4 is 0 Å². The molecule has 1 aromatic carbocycles. The molecule has 1 heterocycles. The van der Waals surface area contributed by atoms with Crippen LogP contribution in [0.4, 0.5) is 0 Å². The van der Waals surface area contributed by atoms with E-state index < -0.39 is 0 Å². The number of nitrogens with zero attached hydrogens (tertiary/aromatic N) is 3. The molecule has 1 N–H and O–H groups in total. The molecule has 0 unspecified atom stereocenters. The highest BCUT2D eigenvalue weighted by Crippen LogP contribution is 2.15. The van der Waals surface area contributed by atoms with Gasteiger partial charge in [0.05, 0.1) is 18.7 Å². The van der Waals surface area contributed by atoms with Gasteiger partial charge >= 0.3 is 0 Å². The Morgan fingerprint density at radius 1 is 1.27 bits per heavy atom. The molecule has 2 aromatic rings. The molecule has 22 heavy (non-hydrogen) atoms. The summed E-state index contributed by atoms with van der Waals surface area (Å²) in [6.07, 6.45) is 0.318. The molecule has 1 amide bonds. The Morgan fingerprint density at radius 2 is 1.95 bits per heavy atom. The van der Waals surface area contributed by atoms with Crippen LogP contribution in [-0.2, 0) is 24.8 Å². The van der Waals surface area contributed by atoms with Crippen molar-refractivity contribution < 1.29 is 9.90 Å². The highest BCUT2D eigenvalue weighted by molar-refractivity contribution is 5.79. The van der Waals surface area contributed by atoms with Crippen LogP contribution in [0.25, 0.3) is 0 Å². The maximum atomic E-state index is 12.6. The minimum absolute atomic E-state index is 0.0112. The maximum absolute atomic E-state index is 12.6. The van der Waals surface area contributed by atoms with Gasteiger partial charge in [0.2, 0.25) is 5.91 Å². The SMILES string of the molecule is Cc1nn(C)c(C)c1CC(=O)N(CCO)Cc1ccccc1. The molecule has 0 fully saturated rings. The van der Waals surface area contributed by atoms with Crippen LogP contribution in [0.1, 0.15) is 22.5 Å². The number of rotatable bonds is 6. The first-order valence-electron chi connectivity index (χ1n) is 7.44. The minimum Gasteiger partial charge on any atom is -0.395 e. The van der Waals surface area contributed by atoms with Crippen LogP contribution in [-0.4, -0.2) is 38.8 Å².